The average Bonchev–Trinajstić information content (AvgIpc) is 0.674. The van der Waals surface area contributed by atoms with Crippen molar-refractivity contribution in [2.75, 3.05) is 33.0 Å². The van der Waals surface area contributed by atoms with E-state index in [4.69, 9.17) is 56.8 Å². The minimum absolute atomic E-state index is 0.109. The van der Waals surface area contributed by atoms with Gasteiger partial charge in [-0.05, 0) is 111 Å². The number of carbonyl (C=O) groups excluding carboxylic acids is 3. The molecule has 17 aliphatic rings. The average molecular weight is 1320 g/mol. The zero-order valence-electron chi connectivity index (χ0n) is 53.4. The van der Waals surface area contributed by atoms with Gasteiger partial charge in [0.2, 0.25) is 6.29 Å². The Kier molecular flexibility index (Phi) is 19.8. The Morgan fingerprint density at radius 3 is 1.90 bits per heavy atom. The fourth-order valence-corrected chi connectivity index (χ4v) is 18.5. The SMILES string of the molecule is C[C@@H]1O[C@H]2O[C@H]3[C@@H](OC[C@H](O)[C@@H]3O)OC(=O)[C@]34CCC(C)(C)CC3C3=CC[C@H]5C(C)(CCC6[C@](C)(CO)[C@@H](O[C@@H]7O[C@H](CO)[C@@H](O)[C@H](O)[C@H]7O[C@@H]7OC[C@H](OC(=O)C[C@](C)(O)CC(=O)O[C@@H]1[C@@H](O[C@@H]1OC[C@@H](O)[C@H](O)[C@H]1O)[C@H]2O)[C@H](O)[C@H]7O)[C@@H](O)C[C@@]65C)[C@]3(C)CC4. The summed E-state index contributed by atoms with van der Waals surface area (Å²) in [5.41, 5.74) is -5.49. The second kappa shape index (κ2) is 25.8. The van der Waals surface area contributed by atoms with Crippen LogP contribution >= 0.6 is 0 Å². The van der Waals surface area contributed by atoms with E-state index in [1.807, 2.05) is 6.92 Å². The van der Waals surface area contributed by atoms with E-state index in [0.29, 0.717) is 51.4 Å². The summed E-state index contributed by atoms with van der Waals surface area (Å²) < 4.78 is 72.3. The highest BCUT2D eigenvalue weighted by Crippen LogP contribution is 2.76. The monoisotopic (exact) mass is 1320 g/mol. The van der Waals surface area contributed by atoms with E-state index in [1.54, 1.807) is 0 Å². The quantitative estimate of drug-likeness (QED) is 0.0590. The lowest BCUT2D eigenvalue weighted by Crippen LogP contribution is -2.70. The summed E-state index contributed by atoms with van der Waals surface area (Å²) in [5, 5.41) is 159. The molecule has 524 valence electrons. The highest BCUT2D eigenvalue weighted by Gasteiger charge is 2.72. The van der Waals surface area contributed by atoms with Crippen LogP contribution in [0.4, 0.5) is 0 Å². The number of allylic oxidation sites excluding steroid dienone is 2. The van der Waals surface area contributed by atoms with Crippen LogP contribution in [0, 0.1) is 50.2 Å². The Morgan fingerprint density at radius 1 is 0.565 bits per heavy atom. The zero-order valence-corrected chi connectivity index (χ0v) is 53.4. The summed E-state index contributed by atoms with van der Waals surface area (Å²) in [4.78, 5) is 43.1. The Morgan fingerprint density at radius 2 is 1.21 bits per heavy atom. The molecule has 9 saturated heterocycles. The third kappa shape index (κ3) is 12.1. The maximum atomic E-state index is 15.6. The fraction of sp³-hybridized carbons (Fsp3) is 0.921. The second-order valence-electron chi connectivity index (χ2n) is 30.5. The van der Waals surface area contributed by atoms with Gasteiger partial charge in [-0.15, -0.1) is 0 Å². The topological polar surface area (TPSA) is 445 Å². The van der Waals surface area contributed by atoms with Gasteiger partial charge in [-0.3, -0.25) is 14.4 Å². The van der Waals surface area contributed by atoms with E-state index >= 15 is 4.79 Å². The standard InChI is InChI=1S/C63H98O29/c1-26-46-47(88-51-43(76)38(71)30(67)22-81-51)45(78)53(84-26)90-48-39(72)31(68)23-82-54(48)92-56(79)63-15-13-57(2,3)17-28(63)27-9-10-35-59(5)18-29(66)50(60(6,25-65)34(59)11-12-62(35,8)61(27,7)14-16-63)91-55-49(42(75)40(73)32(21-64)86-55)89-52-44(77)41(74)33(24-83-52)85-36(69)19-58(4,80)20-37(70)87-46/h9,26,28-35,38-55,64-68,71-78,80H,10-25H2,1-8H3/t26-,28?,29-,30+,31-,32+,33-,34?,35+,38-,39-,40+,41-,42-,43+,44+,45+,46-,47-,48+,49+,50-,51-,52-,53-,54-,55-,58-,59-,60-,61+,62?,63-/m0/s1. The predicted octanol–water partition coefficient (Wildman–Crippen LogP) is -2.68. The smallest absolute Gasteiger partial charge is 0.315 e. The lowest BCUT2D eigenvalue weighted by Gasteiger charge is -2.72. The number of esters is 3. The number of carbonyl (C=O) groups is 3. The Labute approximate surface area is 533 Å². The van der Waals surface area contributed by atoms with Crippen molar-refractivity contribution in [3.8, 4) is 0 Å². The van der Waals surface area contributed by atoms with Crippen LogP contribution in [0.5, 0.6) is 0 Å². The predicted molar refractivity (Wildman–Crippen MR) is 306 cm³/mol. The van der Waals surface area contributed by atoms with Crippen LogP contribution in [0.2, 0.25) is 0 Å². The maximum absolute atomic E-state index is 15.6. The molecule has 12 heterocycles. The minimum Gasteiger partial charge on any atom is -0.457 e. The van der Waals surface area contributed by atoms with E-state index in [1.165, 1.54) is 6.92 Å². The van der Waals surface area contributed by atoms with Crippen molar-refractivity contribution in [3.05, 3.63) is 11.6 Å². The molecule has 12 aliphatic heterocycles. The highest BCUT2D eigenvalue weighted by molar-refractivity contribution is 5.79. The molecule has 5 aliphatic carbocycles. The Bertz CT molecular complexity index is 2700. The molecule has 92 heavy (non-hydrogen) atoms. The van der Waals surface area contributed by atoms with Gasteiger partial charge in [0.1, 0.15) is 79.4 Å². The van der Waals surface area contributed by atoms with Gasteiger partial charge in [0.25, 0.3) is 0 Å². The van der Waals surface area contributed by atoms with Crippen molar-refractivity contribution in [2.24, 2.45) is 50.2 Å². The molecule has 0 amide bonds. The minimum atomic E-state index is -2.29. The summed E-state index contributed by atoms with van der Waals surface area (Å²) in [7, 11) is 0. The molecule has 33 atom stereocenters. The van der Waals surface area contributed by atoms with Crippen molar-refractivity contribution < 1.29 is 143 Å². The summed E-state index contributed by atoms with van der Waals surface area (Å²) in [6, 6.07) is 0. The molecular formula is C63H98O29. The maximum Gasteiger partial charge on any atom is 0.315 e. The van der Waals surface area contributed by atoms with Gasteiger partial charge >= 0.3 is 17.9 Å². The van der Waals surface area contributed by atoms with Gasteiger partial charge in [0, 0.05) is 5.41 Å². The third-order valence-corrected chi connectivity index (χ3v) is 24.0. The summed E-state index contributed by atoms with van der Waals surface area (Å²) >= 11 is 0. The number of hydrogen-bond donors (Lipinski definition) is 14. The van der Waals surface area contributed by atoms with Crippen LogP contribution in [-0.4, -0.2) is 275 Å². The van der Waals surface area contributed by atoms with Crippen LogP contribution in [-0.2, 0) is 71.2 Å². The molecule has 14 N–H and O–H groups in total. The first-order valence-electron chi connectivity index (χ1n) is 32.6. The number of aliphatic hydroxyl groups excluding tert-OH is 13. The highest BCUT2D eigenvalue weighted by atomic mass is 16.8. The van der Waals surface area contributed by atoms with Gasteiger partial charge < -0.3 is 128 Å². The van der Waals surface area contributed by atoms with Crippen molar-refractivity contribution in [3.63, 3.8) is 0 Å². The fourth-order valence-electron chi connectivity index (χ4n) is 18.5. The Balaban J connectivity index is 0.951. The summed E-state index contributed by atoms with van der Waals surface area (Å²) in [6.45, 7) is 12.2. The van der Waals surface area contributed by atoms with Crippen molar-refractivity contribution in [1.82, 2.24) is 0 Å². The van der Waals surface area contributed by atoms with Gasteiger partial charge in [0.05, 0.1) is 75.2 Å². The summed E-state index contributed by atoms with van der Waals surface area (Å²) in [5.74, 6) is -3.90. The first-order valence-corrected chi connectivity index (χ1v) is 32.6. The molecule has 12 bridgehead atoms. The molecule has 13 fully saturated rings. The lowest BCUT2D eigenvalue weighted by atomic mass is 9.33. The number of rotatable bonds is 4. The van der Waals surface area contributed by atoms with Gasteiger partial charge in [-0.2, -0.15) is 0 Å². The Hall–Kier alpha value is -2.77. The number of aliphatic hydroxyl groups is 14. The van der Waals surface area contributed by atoms with Crippen LogP contribution in [0.3, 0.4) is 0 Å². The molecule has 0 aromatic heterocycles. The van der Waals surface area contributed by atoms with Crippen molar-refractivity contribution >= 4 is 17.9 Å². The molecule has 17 rings (SSSR count). The lowest BCUT2D eigenvalue weighted by molar-refractivity contribution is -0.377. The van der Waals surface area contributed by atoms with Crippen molar-refractivity contribution in [2.45, 2.75) is 279 Å². The van der Waals surface area contributed by atoms with E-state index < -0.39 is 244 Å². The first-order chi connectivity index (χ1) is 43.1. The molecule has 0 aromatic carbocycles. The molecule has 29 heteroatoms. The largest absolute Gasteiger partial charge is 0.457 e. The molecule has 29 nitrogen and oxygen atoms in total. The molecule has 3 unspecified atom stereocenters. The first kappa shape index (κ1) is 70.5. The van der Waals surface area contributed by atoms with E-state index in [2.05, 4.69) is 40.7 Å². The van der Waals surface area contributed by atoms with Crippen molar-refractivity contribution in [1.29, 1.82) is 0 Å². The summed E-state index contributed by atoms with van der Waals surface area (Å²) in [6.07, 6.45) is -36.9. The van der Waals surface area contributed by atoms with E-state index in [0.717, 1.165) is 12.5 Å². The molecule has 0 aromatic rings. The molecule has 0 radical (unpaired) electrons. The zero-order chi connectivity index (χ0) is 66.9. The van der Waals surface area contributed by atoms with Crippen LogP contribution in [0.1, 0.15) is 126 Å². The normalized spacial score (nSPS) is 54.4. The van der Waals surface area contributed by atoms with Crippen LogP contribution in [0.25, 0.3) is 0 Å². The second-order valence-corrected chi connectivity index (χ2v) is 30.5. The van der Waals surface area contributed by atoms with Gasteiger partial charge in [0.15, 0.2) is 43.5 Å². The van der Waals surface area contributed by atoms with Crippen LogP contribution < -0.4 is 0 Å². The third-order valence-electron chi connectivity index (χ3n) is 24.0. The number of ether oxygens (including phenoxy) is 12. The van der Waals surface area contributed by atoms with E-state index in [9.17, 15) is 81.1 Å². The van der Waals surface area contributed by atoms with Gasteiger partial charge in [-0.1, -0.05) is 53.2 Å². The van der Waals surface area contributed by atoms with Crippen LogP contribution in [0.15, 0.2) is 11.6 Å². The van der Waals surface area contributed by atoms with Gasteiger partial charge in [-0.25, -0.2) is 0 Å². The molecule has 1 spiro atoms. The molecule has 4 saturated carbocycles. The van der Waals surface area contributed by atoms with E-state index in [-0.39, 0.29) is 29.6 Å². The number of hydrogen-bond acceptors (Lipinski definition) is 29. The molecular weight excluding hydrogens is 1220 g/mol.